The standard InChI is InChI=1S/C42H62O10/c1-23-7-11-33-25(3)35(45-37-41(33)31(23)15-17-39(5,47-37)49-51-41)13-9-27-19-29(21-43)30(22-44)20-28(27)10-14-36-26(4)34-12-8-24(2)32-16-18-40(6)48-38(46-36)42(32,34)52-50-40/h19-20,23-26,31-38,43-44H,7-18,21-22H2,1-6H3/t23-,24-,25-,26-,31+,32+,33+,34+,35-,36-,37-,38-,39?,40?,41-,42-/m1/s1. The molecule has 10 nitrogen and oxygen atoms in total. The summed E-state index contributed by atoms with van der Waals surface area (Å²) in [6.45, 7) is 13.1. The van der Waals surface area contributed by atoms with Crippen LogP contribution < -0.4 is 0 Å². The van der Waals surface area contributed by atoms with Gasteiger partial charge in [-0.05, 0) is 136 Å². The number of rotatable bonds is 8. The molecule has 10 heteroatoms. The first kappa shape index (κ1) is 36.5. The molecule has 8 heterocycles. The van der Waals surface area contributed by atoms with E-state index >= 15 is 0 Å². The Morgan fingerprint density at radius 3 is 1.38 bits per heavy atom. The number of hydrogen-bond donors (Lipinski definition) is 2. The molecule has 10 aliphatic rings. The molecule has 8 saturated heterocycles. The SMILES string of the molecule is C[C@H]1[C@@H](CCc2cc(CO)c(CO)cc2CC[C@H]2O[C@@H]3OC4(C)CC[C@H]5[C@H](C)CC[C@@H]([C@H]2C)[C@@]35OO4)O[C@@H]2OC3(C)CC[C@H]4[C@H](C)CC[C@@H]1[C@@]24OO3. The first-order chi connectivity index (χ1) is 24.9. The third-order valence-electron chi connectivity index (χ3n) is 15.8. The summed E-state index contributed by atoms with van der Waals surface area (Å²) in [5.41, 5.74) is 2.82. The summed E-state index contributed by atoms with van der Waals surface area (Å²) in [6, 6.07) is 4.23. The van der Waals surface area contributed by atoms with Gasteiger partial charge in [-0.1, -0.05) is 39.8 Å². The maximum atomic E-state index is 10.3. The summed E-state index contributed by atoms with van der Waals surface area (Å²) in [4.78, 5) is 24.9. The maximum absolute atomic E-state index is 10.3. The lowest BCUT2D eigenvalue weighted by molar-refractivity contribution is -0.571. The average molecular weight is 727 g/mol. The average Bonchev–Trinajstić information content (AvgIpc) is 3.51. The van der Waals surface area contributed by atoms with Crippen molar-refractivity contribution in [1.82, 2.24) is 0 Å². The van der Waals surface area contributed by atoms with Crippen LogP contribution >= 0.6 is 0 Å². The van der Waals surface area contributed by atoms with Gasteiger partial charge in [0.1, 0.15) is 0 Å². The quantitative estimate of drug-likeness (QED) is 0.271. The molecule has 290 valence electrons. The number of ether oxygens (including phenoxy) is 4. The van der Waals surface area contributed by atoms with Gasteiger partial charge in [0.25, 0.3) is 0 Å². The molecule has 0 radical (unpaired) electrons. The smallest absolute Gasteiger partial charge is 0.201 e. The highest BCUT2D eigenvalue weighted by molar-refractivity contribution is 5.38. The molecule has 1 aromatic rings. The van der Waals surface area contributed by atoms with Gasteiger partial charge in [-0.15, -0.1) is 0 Å². The van der Waals surface area contributed by atoms with E-state index in [-0.39, 0.29) is 49.1 Å². The normalized spacial score (nSPS) is 50.6. The molecule has 52 heavy (non-hydrogen) atoms. The van der Waals surface area contributed by atoms with E-state index in [2.05, 4.69) is 39.8 Å². The van der Waals surface area contributed by atoms with Gasteiger partial charge in [-0.25, -0.2) is 19.6 Å². The third kappa shape index (κ3) is 5.47. The van der Waals surface area contributed by atoms with Crippen molar-refractivity contribution in [2.75, 3.05) is 0 Å². The monoisotopic (exact) mass is 726 g/mol. The Hall–Kier alpha value is -1.18. The molecular weight excluding hydrogens is 664 g/mol. The summed E-state index contributed by atoms with van der Waals surface area (Å²) in [6.07, 6.45) is 10.5. The van der Waals surface area contributed by atoms with Crippen LogP contribution in [0.15, 0.2) is 12.1 Å². The zero-order chi connectivity index (χ0) is 36.2. The summed E-state index contributed by atoms with van der Waals surface area (Å²) in [5.74, 6) is 1.28. The Bertz CT molecular complexity index is 1400. The van der Waals surface area contributed by atoms with E-state index in [1.165, 1.54) is 24.0 Å². The molecular formula is C42H62O10. The number of aliphatic hydroxyl groups is 2. The zero-order valence-electron chi connectivity index (χ0n) is 32.1. The van der Waals surface area contributed by atoms with Crippen molar-refractivity contribution in [3.05, 3.63) is 34.4 Å². The van der Waals surface area contributed by atoms with E-state index in [1.54, 1.807) is 0 Å². The number of benzene rings is 1. The van der Waals surface area contributed by atoms with Crippen molar-refractivity contribution in [1.29, 1.82) is 0 Å². The fraction of sp³-hybridized carbons (Fsp3) is 0.857. The lowest BCUT2D eigenvalue weighted by Crippen LogP contribution is -2.70. The predicted molar refractivity (Wildman–Crippen MR) is 189 cm³/mol. The topological polar surface area (TPSA) is 114 Å². The predicted octanol–water partition coefficient (Wildman–Crippen LogP) is 7.04. The van der Waals surface area contributed by atoms with Crippen LogP contribution in [0.4, 0.5) is 0 Å². The largest absolute Gasteiger partial charge is 0.392 e. The summed E-state index contributed by atoms with van der Waals surface area (Å²) in [7, 11) is 0. The lowest BCUT2D eigenvalue weighted by Gasteiger charge is -2.60. The second-order valence-corrected chi connectivity index (χ2v) is 18.7. The molecule has 2 spiro atoms. The van der Waals surface area contributed by atoms with Gasteiger partial charge in [0, 0.05) is 24.7 Å². The van der Waals surface area contributed by atoms with E-state index in [9.17, 15) is 10.2 Å². The van der Waals surface area contributed by atoms with Crippen LogP contribution in [0.3, 0.4) is 0 Å². The van der Waals surface area contributed by atoms with Gasteiger partial charge in [0.15, 0.2) is 23.8 Å². The number of fused-ring (bicyclic) bond motifs is 4. The van der Waals surface area contributed by atoms with Crippen LogP contribution in [0.5, 0.6) is 0 Å². The molecule has 0 aromatic heterocycles. The molecule has 1 aromatic carbocycles. The highest BCUT2D eigenvalue weighted by atomic mass is 17.3. The van der Waals surface area contributed by atoms with E-state index in [4.69, 9.17) is 38.5 Å². The summed E-state index contributed by atoms with van der Waals surface area (Å²) >= 11 is 0. The van der Waals surface area contributed by atoms with Crippen LogP contribution in [0.1, 0.15) is 128 Å². The van der Waals surface area contributed by atoms with Crippen LogP contribution in [-0.4, -0.2) is 57.8 Å². The minimum absolute atomic E-state index is 0.00454. The Labute approximate surface area is 309 Å². The second kappa shape index (κ2) is 13.2. The van der Waals surface area contributed by atoms with E-state index in [0.717, 1.165) is 75.3 Å². The van der Waals surface area contributed by atoms with Crippen molar-refractivity contribution < 1.29 is 48.7 Å². The molecule has 4 bridgehead atoms. The molecule has 8 aliphatic heterocycles. The number of hydrogen-bond acceptors (Lipinski definition) is 10. The third-order valence-corrected chi connectivity index (χ3v) is 15.8. The molecule has 2 aliphatic carbocycles. The van der Waals surface area contributed by atoms with Gasteiger partial charge in [0.05, 0.1) is 25.4 Å². The van der Waals surface area contributed by atoms with Gasteiger partial charge in [0.2, 0.25) is 11.6 Å². The van der Waals surface area contributed by atoms with Crippen LogP contribution in [0, 0.1) is 47.3 Å². The summed E-state index contributed by atoms with van der Waals surface area (Å²) in [5, 5.41) is 20.6. The van der Waals surface area contributed by atoms with Gasteiger partial charge < -0.3 is 29.2 Å². The Balaban J connectivity index is 0.950. The fourth-order valence-electron chi connectivity index (χ4n) is 12.8. The lowest BCUT2D eigenvalue weighted by atomic mass is 9.57. The van der Waals surface area contributed by atoms with Crippen LogP contribution in [0.25, 0.3) is 0 Å². The van der Waals surface area contributed by atoms with Crippen molar-refractivity contribution in [2.45, 2.75) is 179 Å². The Kier molecular flexibility index (Phi) is 9.26. The van der Waals surface area contributed by atoms with Gasteiger partial charge in [-0.3, -0.25) is 0 Å². The minimum atomic E-state index is -0.793. The van der Waals surface area contributed by atoms with Crippen LogP contribution in [0.2, 0.25) is 0 Å². The fourth-order valence-corrected chi connectivity index (χ4v) is 12.8. The van der Waals surface area contributed by atoms with E-state index in [0.29, 0.717) is 23.7 Å². The Morgan fingerprint density at radius 1 is 0.558 bits per heavy atom. The highest BCUT2D eigenvalue weighted by Gasteiger charge is 2.70. The first-order valence-corrected chi connectivity index (χ1v) is 20.7. The minimum Gasteiger partial charge on any atom is -0.392 e. The Morgan fingerprint density at radius 2 is 0.981 bits per heavy atom. The number of aryl methyl sites for hydroxylation is 2. The first-order valence-electron chi connectivity index (χ1n) is 20.7. The van der Waals surface area contributed by atoms with Gasteiger partial charge >= 0.3 is 0 Å². The van der Waals surface area contributed by atoms with Crippen molar-refractivity contribution in [2.24, 2.45) is 47.3 Å². The second-order valence-electron chi connectivity index (χ2n) is 18.7. The maximum Gasteiger partial charge on any atom is 0.201 e. The summed E-state index contributed by atoms with van der Waals surface area (Å²) < 4.78 is 27.2. The molecule has 2 unspecified atom stereocenters. The molecule has 2 saturated carbocycles. The van der Waals surface area contributed by atoms with Gasteiger partial charge in [-0.2, -0.15) is 0 Å². The molecule has 11 rings (SSSR count). The number of aliphatic hydroxyl groups excluding tert-OH is 2. The molecule has 10 fully saturated rings. The zero-order valence-corrected chi connectivity index (χ0v) is 32.1. The van der Waals surface area contributed by atoms with E-state index in [1.807, 2.05) is 13.8 Å². The van der Waals surface area contributed by atoms with Crippen molar-refractivity contribution >= 4 is 0 Å². The molecule has 16 atom stereocenters. The van der Waals surface area contributed by atoms with Crippen molar-refractivity contribution in [3.8, 4) is 0 Å². The molecule has 2 N–H and O–H groups in total. The van der Waals surface area contributed by atoms with Crippen LogP contribution in [-0.2, 0) is 64.6 Å². The van der Waals surface area contributed by atoms with E-state index < -0.39 is 35.4 Å². The van der Waals surface area contributed by atoms with Crippen molar-refractivity contribution in [3.63, 3.8) is 0 Å². The molecule has 0 amide bonds. The highest BCUT2D eigenvalue weighted by Crippen LogP contribution is 2.62.